The summed E-state index contributed by atoms with van der Waals surface area (Å²) in [6, 6.07) is 14.3. The standard InChI is InChI=1S/C27H34N2O4/c1-6-19-11-13-20(14-12-19)24-23(26(31)27(32)29(24)16-8-15-28(4)5)25(30)21-9-7-10-22(17-21)33-18(2)3/h7,9-14,17-18,24,30H,6,8,15-16H2,1-5H3/b25-23-. The minimum atomic E-state index is -0.655. The average Bonchev–Trinajstić information content (AvgIpc) is 3.03. The molecule has 3 rings (SSSR count). The summed E-state index contributed by atoms with van der Waals surface area (Å²) in [5.41, 5.74) is 2.56. The van der Waals surface area contributed by atoms with Crippen LogP contribution in [0.25, 0.3) is 5.76 Å². The molecule has 1 amide bonds. The number of hydrogen-bond acceptors (Lipinski definition) is 5. The Labute approximate surface area is 196 Å². The number of carbonyl (C=O) groups excluding carboxylic acids is 2. The van der Waals surface area contributed by atoms with Crippen LogP contribution >= 0.6 is 0 Å². The number of ketones is 1. The number of rotatable bonds is 9. The zero-order valence-corrected chi connectivity index (χ0v) is 20.2. The average molecular weight is 451 g/mol. The quantitative estimate of drug-likeness (QED) is 0.348. The van der Waals surface area contributed by atoms with Gasteiger partial charge in [-0.3, -0.25) is 9.59 Å². The van der Waals surface area contributed by atoms with Gasteiger partial charge in [-0.1, -0.05) is 43.3 Å². The van der Waals surface area contributed by atoms with E-state index in [-0.39, 0.29) is 17.4 Å². The number of aliphatic hydroxyl groups is 1. The monoisotopic (exact) mass is 450 g/mol. The summed E-state index contributed by atoms with van der Waals surface area (Å²) in [7, 11) is 3.95. The maximum Gasteiger partial charge on any atom is 0.295 e. The van der Waals surface area contributed by atoms with Crippen molar-refractivity contribution in [2.24, 2.45) is 0 Å². The molecule has 0 radical (unpaired) electrons. The zero-order chi connectivity index (χ0) is 24.1. The first-order valence-electron chi connectivity index (χ1n) is 11.5. The predicted octanol–water partition coefficient (Wildman–Crippen LogP) is 4.41. The fraction of sp³-hybridized carbons (Fsp3) is 0.407. The van der Waals surface area contributed by atoms with Gasteiger partial charge in [-0.15, -0.1) is 0 Å². The van der Waals surface area contributed by atoms with Gasteiger partial charge in [0.25, 0.3) is 11.7 Å². The molecule has 0 aromatic heterocycles. The molecule has 1 aliphatic rings. The van der Waals surface area contributed by atoms with E-state index in [9.17, 15) is 14.7 Å². The molecular formula is C27H34N2O4. The van der Waals surface area contributed by atoms with Crippen LogP contribution in [-0.2, 0) is 16.0 Å². The molecule has 0 bridgehead atoms. The van der Waals surface area contributed by atoms with E-state index in [1.165, 1.54) is 5.56 Å². The zero-order valence-electron chi connectivity index (χ0n) is 20.2. The second-order valence-electron chi connectivity index (χ2n) is 8.94. The van der Waals surface area contributed by atoms with Crippen LogP contribution in [0.1, 0.15) is 49.9 Å². The van der Waals surface area contributed by atoms with Crippen molar-refractivity contribution < 1.29 is 19.4 Å². The molecule has 6 nitrogen and oxygen atoms in total. The molecule has 176 valence electrons. The highest BCUT2D eigenvalue weighted by atomic mass is 16.5. The number of Topliss-reactive ketones (excluding diaryl/α,β-unsaturated/α-hetero) is 1. The molecule has 2 aromatic rings. The third-order valence-electron chi connectivity index (χ3n) is 5.73. The van der Waals surface area contributed by atoms with E-state index in [1.807, 2.05) is 57.1 Å². The lowest BCUT2D eigenvalue weighted by Gasteiger charge is -2.26. The van der Waals surface area contributed by atoms with E-state index in [0.29, 0.717) is 17.9 Å². The molecule has 1 fully saturated rings. The topological polar surface area (TPSA) is 70.1 Å². The van der Waals surface area contributed by atoms with Crippen molar-refractivity contribution in [3.8, 4) is 5.75 Å². The molecule has 1 saturated heterocycles. The first-order chi connectivity index (χ1) is 15.7. The molecule has 33 heavy (non-hydrogen) atoms. The molecular weight excluding hydrogens is 416 g/mol. The number of likely N-dealkylation sites (tertiary alicyclic amines) is 1. The van der Waals surface area contributed by atoms with Crippen molar-refractivity contribution in [3.63, 3.8) is 0 Å². The number of nitrogens with zero attached hydrogens (tertiary/aromatic N) is 2. The lowest BCUT2D eigenvalue weighted by Crippen LogP contribution is -2.32. The van der Waals surface area contributed by atoms with Gasteiger partial charge < -0.3 is 19.6 Å². The summed E-state index contributed by atoms with van der Waals surface area (Å²) in [5.74, 6) is -0.813. The minimum Gasteiger partial charge on any atom is -0.507 e. The van der Waals surface area contributed by atoms with E-state index < -0.39 is 17.7 Å². The molecule has 6 heteroatoms. The Kier molecular flexibility index (Phi) is 7.92. The van der Waals surface area contributed by atoms with Crippen LogP contribution in [0.2, 0.25) is 0 Å². The van der Waals surface area contributed by atoms with E-state index in [0.717, 1.165) is 24.9 Å². The third kappa shape index (κ3) is 5.63. The highest BCUT2D eigenvalue weighted by Gasteiger charge is 2.45. The summed E-state index contributed by atoms with van der Waals surface area (Å²) < 4.78 is 5.75. The number of aryl methyl sites for hydroxylation is 1. The highest BCUT2D eigenvalue weighted by molar-refractivity contribution is 6.46. The van der Waals surface area contributed by atoms with Crippen LogP contribution in [0, 0.1) is 0 Å². The number of aliphatic hydroxyl groups excluding tert-OH is 1. The second-order valence-corrected chi connectivity index (χ2v) is 8.94. The molecule has 1 unspecified atom stereocenters. The molecule has 0 aliphatic carbocycles. The van der Waals surface area contributed by atoms with Gasteiger partial charge in [0.2, 0.25) is 0 Å². The maximum atomic E-state index is 13.1. The molecule has 1 atom stereocenters. The first kappa shape index (κ1) is 24.5. The minimum absolute atomic E-state index is 0.0262. The van der Waals surface area contributed by atoms with Crippen LogP contribution in [0.15, 0.2) is 54.1 Å². The number of amides is 1. The molecule has 1 heterocycles. The highest BCUT2D eigenvalue weighted by Crippen LogP contribution is 2.40. The second kappa shape index (κ2) is 10.7. The van der Waals surface area contributed by atoms with Crippen molar-refractivity contribution in [3.05, 3.63) is 70.8 Å². The van der Waals surface area contributed by atoms with Crippen LogP contribution in [0.5, 0.6) is 5.75 Å². The Bertz CT molecular complexity index is 1020. The van der Waals surface area contributed by atoms with Gasteiger partial charge in [-0.25, -0.2) is 0 Å². The van der Waals surface area contributed by atoms with E-state index >= 15 is 0 Å². The summed E-state index contributed by atoms with van der Waals surface area (Å²) in [6.45, 7) is 7.14. The van der Waals surface area contributed by atoms with Crippen molar-refractivity contribution in [1.82, 2.24) is 9.80 Å². The van der Waals surface area contributed by atoms with E-state index in [1.54, 1.807) is 29.2 Å². The molecule has 0 saturated carbocycles. The molecule has 2 aromatic carbocycles. The summed E-state index contributed by atoms with van der Waals surface area (Å²) in [6.07, 6.45) is 1.59. The Morgan fingerprint density at radius 1 is 1.12 bits per heavy atom. The fourth-order valence-corrected chi connectivity index (χ4v) is 4.09. The predicted molar refractivity (Wildman–Crippen MR) is 130 cm³/mol. The Morgan fingerprint density at radius 2 is 1.82 bits per heavy atom. The van der Waals surface area contributed by atoms with Crippen molar-refractivity contribution in [1.29, 1.82) is 0 Å². The summed E-state index contributed by atoms with van der Waals surface area (Å²) in [5, 5.41) is 11.2. The van der Waals surface area contributed by atoms with Gasteiger partial charge in [0.05, 0.1) is 17.7 Å². The van der Waals surface area contributed by atoms with Gasteiger partial charge in [-0.05, 0) is 70.6 Å². The van der Waals surface area contributed by atoms with Crippen molar-refractivity contribution in [2.75, 3.05) is 27.2 Å². The van der Waals surface area contributed by atoms with Crippen LogP contribution < -0.4 is 4.74 Å². The molecule has 1 N–H and O–H groups in total. The lowest BCUT2D eigenvalue weighted by molar-refractivity contribution is -0.139. The maximum absolute atomic E-state index is 13.1. The smallest absolute Gasteiger partial charge is 0.295 e. The van der Waals surface area contributed by atoms with Gasteiger partial charge in [0.1, 0.15) is 11.5 Å². The van der Waals surface area contributed by atoms with Crippen LogP contribution in [-0.4, -0.2) is 59.9 Å². The summed E-state index contributed by atoms with van der Waals surface area (Å²) >= 11 is 0. The number of carbonyl (C=O) groups is 2. The lowest BCUT2D eigenvalue weighted by atomic mass is 9.94. The number of ether oxygens (including phenoxy) is 1. The van der Waals surface area contributed by atoms with Crippen molar-refractivity contribution >= 4 is 17.4 Å². The largest absolute Gasteiger partial charge is 0.507 e. The normalized spacial score (nSPS) is 17.9. The number of hydrogen-bond donors (Lipinski definition) is 1. The first-order valence-corrected chi connectivity index (χ1v) is 11.5. The fourth-order valence-electron chi connectivity index (χ4n) is 4.09. The SMILES string of the molecule is CCc1ccc(C2/C(=C(/O)c3cccc(OC(C)C)c3)C(=O)C(=O)N2CCCN(C)C)cc1. The molecule has 1 aliphatic heterocycles. The third-order valence-corrected chi connectivity index (χ3v) is 5.73. The Morgan fingerprint density at radius 3 is 2.42 bits per heavy atom. The van der Waals surface area contributed by atoms with E-state index in [4.69, 9.17) is 4.74 Å². The Balaban J connectivity index is 2.07. The van der Waals surface area contributed by atoms with Gasteiger partial charge >= 0.3 is 0 Å². The Hall–Kier alpha value is -3.12. The van der Waals surface area contributed by atoms with Gasteiger partial charge in [-0.2, -0.15) is 0 Å². The number of benzene rings is 2. The van der Waals surface area contributed by atoms with Gasteiger partial charge in [0, 0.05) is 12.1 Å². The van der Waals surface area contributed by atoms with Crippen LogP contribution in [0.3, 0.4) is 0 Å². The van der Waals surface area contributed by atoms with Crippen LogP contribution in [0.4, 0.5) is 0 Å². The van der Waals surface area contributed by atoms with Crippen molar-refractivity contribution in [2.45, 2.75) is 45.8 Å². The summed E-state index contributed by atoms with van der Waals surface area (Å²) in [4.78, 5) is 29.8. The molecule has 0 spiro atoms. The van der Waals surface area contributed by atoms with E-state index in [2.05, 4.69) is 6.92 Å². The van der Waals surface area contributed by atoms with Gasteiger partial charge in [0.15, 0.2) is 0 Å².